The number of rotatable bonds is 6. The Morgan fingerprint density at radius 3 is 2.40 bits per heavy atom. The van der Waals surface area contributed by atoms with Crippen molar-refractivity contribution in [3.63, 3.8) is 0 Å². The summed E-state index contributed by atoms with van der Waals surface area (Å²) in [6.45, 7) is 0. The molecule has 0 spiro atoms. The van der Waals surface area contributed by atoms with Gasteiger partial charge in [-0.2, -0.15) is 0 Å². The summed E-state index contributed by atoms with van der Waals surface area (Å²) >= 11 is 0. The van der Waals surface area contributed by atoms with Crippen molar-refractivity contribution < 1.29 is 27.9 Å². The van der Waals surface area contributed by atoms with Crippen molar-refractivity contribution in [1.82, 2.24) is 0 Å². The Hall–Kier alpha value is -2.35. The lowest BCUT2D eigenvalue weighted by Gasteiger charge is -2.07. The lowest BCUT2D eigenvalue weighted by Crippen LogP contribution is -2.23. The standard InChI is InChI=1S/C12H13NO6S/c1-19-12(16)8-20(17,18)13-10-5-2-9(3-6-10)4-7-11(14)15/h2-7,13H,8H2,1H3,(H,14,15). The van der Waals surface area contributed by atoms with E-state index in [0.717, 1.165) is 13.2 Å². The molecule has 0 unspecified atom stereocenters. The van der Waals surface area contributed by atoms with E-state index in [1.165, 1.54) is 30.3 Å². The first-order valence-electron chi connectivity index (χ1n) is 5.41. The van der Waals surface area contributed by atoms with Crippen LogP contribution in [0.15, 0.2) is 30.3 Å². The summed E-state index contributed by atoms with van der Waals surface area (Å²) in [4.78, 5) is 21.3. The highest BCUT2D eigenvalue weighted by Gasteiger charge is 2.16. The average molecular weight is 299 g/mol. The fourth-order valence-electron chi connectivity index (χ4n) is 1.26. The maximum Gasteiger partial charge on any atom is 0.328 e. The number of carbonyl (C=O) groups is 2. The van der Waals surface area contributed by atoms with Crippen molar-refractivity contribution in [2.45, 2.75) is 0 Å². The molecule has 1 rings (SSSR count). The SMILES string of the molecule is COC(=O)CS(=O)(=O)Nc1ccc(C=CC(=O)O)cc1. The molecular formula is C12H13NO6S. The van der Waals surface area contributed by atoms with Crippen LogP contribution in [-0.2, 0) is 24.3 Å². The smallest absolute Gasteiger partial charge is 0.328 e. The van der Waals surface area contributed by atoms with Crippen molar-refractivity contribution >= 4 is 33.7 Å². The van der Waals surface area contributed by atoms with E-state index in [1.54, 1.807) is 0 Å². The molecule has 7 nitrogen and oxygen atoms in total. The normalized spacial score (nSPS) is 11.2. The number of hydrogen-bond acceptors (Lipinski definition) is 5. The Morgan fingerprint density at radius 2 is 1.90 bits per heavy atom. The number of anilines is 1. The molecule has 1 aromatic carbocycles. The fraction of sp³-hybridized carbons (Fsp3) is 0.167. The van der Waals surface area contributed by atoms with Crippen molar-refractivity contribution in [2.24, 2.45) is 0 Å². The van der Waals surface area contributed by atoms with E-state index in [0.29, 0.717) is 5.56 Å². The minimum atomic E-state index is -3.82. The van der Waals surface area contributed by atoms with Gasteiger partial charge in [-0.25, -0.2) is 13.2 Å². The number of sulfonamides is 1. The largest absolute Gasteiger partial charge is 0.478 e. The van der Waals surface area contributed by atoms with Crippen LogP contribution in [-0.4, -0.2) is 38.3 Å². The molecule has 0 heterocycles. The summed E-state index contributed by atoms with van der Waals surface area (Å²) < 4.78 is 29.6. The van der Waals surface area contributed by atoms with Gasteiger partial charge in [0.05, 0.1) is 7.11 Å². The van der Waals surface area contributed by atoms with Gasteiger partial charge in [0.15, 0.2) is 5.75 Å². The summed E-state index contributed by atoms with van der Waals surface area (Å²) in [5, 5.41) is 8.47. The van der Waals surface area contributed by atoms with Gasteiger partial charge in [-0.05, 0) is 23.8 Å². The van der Waals surface area contributed by atoms with Gasteiger partial charge in [0.1, 0.15) is 0 Å². The van der Waals surface area contributed by atoms with Crippen LogP contribution in [0.25, 0.3) is 6.08 Å². The second-order valence-electron chi connectivity index (χ2n) is 3.73. The highest BCUT2D eigenvalue weighted by Crippen LogP contribution is 2.12. The van der Waals surface area contributed by atoms with Gasteiger partial charge in [-0.15, -0.1) is 0 Å². The Balaban J connectivity index is 2.75. The van der Waals surface area contributed by atoms with Gasteiger partial charge in [0.2, 0.25) is 10.0 Å². The van der Waals surface area contributed by atoms with Gasteiger partial charge in [0.25, 0.3) is 0 Å². The van der Waals surface area contributed by atoms with Gasteiger partial charge >= 0.3 is 11.9 Å². The molecule has 0 radical (unpaired) electrons. The molecule has 0 saturated heterocycles. The van der Waals surface area contributed by atoms with Crippen LogP contribution in [0.2, 0.25) is 0 Å². The molecule has 0 bridgehead atoms. The third kappa shape index (κ3) is 5.53. The van der Waals surface area contributed by atoms with E-state index in [9.17, 15) is 18.0 Å². The number of carboxylic acid groups (broad SMARTS) is 1. The predicted molar refractivity (Wildman–Crippen MR) is 72.5 cm³/mol. The summed E-state index contributed by atoms with van der Waals surface area (Å²) in [7, 11) is -2.72. The molecule has 0 aromatic heterocycles. The van der Waals surface area contributed by atoms with Crippen molar-refractivity contribution in [2.75, 3.05) is 17.6 Å². The molecule has 0 fully saturated rings. The van der Waals surface area contributed by atoms with Gasteiger partial charge in [-0.3, -0.25) is 9.52 Å². The summed E-state index contributed by atoms with van der Waals surface area (Å²) in [5.41, 5.74) is 0.865. The van der Waals surface area contributed by atoms with Gasteiger partial charge < -0.3 is 9.84 Å². The molecule has 1 aromatic rings. The molecule has 0 atom stereocenters. The van der Waals surface area contributed by atoms with Gasteiger partial charge in [0, 0.05) is 11.8 Å². The first-order valence-corrected chi connectivity index (χ1v) is 7.06. The van der Waals surface area contributed by atoms with Crippen LogP contribution in [0, 0.1) is 0 Å². The highest BCUT2D eigenvalue weighted by atomic mass is 32.2. The molecule has 2 N–H and O–H groups in total. The van der Waals surface area contributed by atoms with E-state index in [4.69, 9.17) is 5.11 Å². The van der Waals surface area contributed by atoms with E-state index in [-0.39, 0.29) is 5.69 Å². The summed E-state index contributed by atoms with van der Waals surface area (Å²) in [5.74, 6) is -2.71. The monoisotopic (exact) mass is 299 g/mol. The predicted octanol–water partition coefficient (Wildman–Crippen LogP) is 0.699. The van der Waals surface area contributed by atoms with Crippen molar-refractivity contribution in [3.05, 3.63) is 35.9 Å². The summed E-state index contributed by atoms with van der Waals surface area (Å²) in [6, 6.07) is 5.98. The fourth-order valence-corrected chi connectivity index (χ4v) is 2.26. The first-order chi connectivity index (χ1) is 9.32. The lowest BCUT2D eigenvalue weighted by atomic mass is 10.2. The third-order valence-corrected chi connectivity index (χ3v) is 3.30. The first kappa shape index (κ1) is 15.7. The van der Waals surface area contributed by atoms with Crippen LogP contribution < -0.4 is 4.72 Å². The zero-order valence-electron chi connectivity index (χ0n) is 10.6. The van der Waals surface area contributed by atoms with Crippen LogP contribution in [0.1, 0.15) is 5.56 Å². The van der Waals surface area contributed by atoms with Crippen LogP contribution in [0.5, 0.6) is 0 Å². The Kier molecular flexibility index (Phi) is 5.27. The number of nitrogens with one attached hydrogen (secondary N) is 1. The van der Waals surface area contributed by atoms with Crippen molar-refractivity contribution in [1.29, 1.82) is 0 Å². The molecule has 0 aliphatic rings. The number of esters is 1. The minimum Gasteiger partial charge on any atom is -0.478 e. The Morgan fingerprint density at radius 1 is 1.30 bits per heavy atom. The minimum absolute atomic E-state index is 0.265. The number of carbonyl (C=O) groups excluding carboxylic acids is 1. The number of ether oxygens (including phenoxy) is 1. The lowest BCUT2D eigenvalue weighted by molar-refractivity contribution is -0.137. The number of aliphatic carboxylic acids is 1. The second kappa shape index (κ2) is 6.71. The van der Waals surface area contributed by atoms with Crippen LogP contribution in [0.4, 0.5) is 5.69 Å². The van der Waals surface area contributed by atoms with Crippen LogP contribution >= 0.6 is 0 Å². The van der Waals surface area contributed by atoms with E-state index in [2.05, 4.69) is 9.46 Å². The van der Waals surface area contributed by atoms with Gasteiger partial charge in [-0.1, -0.05) is 12.1 Å². The van der Waals surface area contributed by atoms with E-state index in [1.807, 2.05) is 0 Å². The number of methoxy groups -OCH3 is 1. The highest BCUT2D eigenvalue weighted by molar-refractivity contribution is 7.93. The number of benzene rings is 1. The summed E-state index contributed by atoms with van der Waals surface area (Å²) in [6.07, 6.45) is 2.34. The second-order valence-corrected chi connectivity index (χ2v) is 5.45. The molecule has 108 valence electrons. The average Bonchev–Trinajstić information content (AvgIpc) is 2.36. The molecule has 0 saturated carbocycles. The zero-order valence-corrected chi connectivity index (χ0v) is 11.4. The van der Waals surface area contributed by atoms with Crippen LogP contribution in [0.3, 0.4) is 0 Å². The van der Waals surface area contributed by atoms with E-state index >= 15 is 0 Å². The van der Waals surface area contributed by atoms with E-state index < -0.39 is 27.7 Å². The quantitative estimate of drug-likeness (QED) is 0.591. The zero-order chi connectivity index (χ0) is 15.2. The maximum atomic E-state index is 11.6. The molecule has 0 amide bonds. The molecule has 20 heavy (non-hydrogen) atoms. The molecule has 8 heteroatoms. The molecular weight excluding hydrogens is 286 g/mol. The Labute approximate surface area is 115 Å². The topological polar surface area (TPSA) is 110 Å². The number of carboxylic acids is 1. The number of hydrogen-bond donors (Lipinski definition) is 2. The third-order valence-electron chi connectivity index (χ3n) is 2.14. The molecule has 0 aliphatic heterocycles. The Bertz CT molecular complexity index is 618. The molecule has 0 aliphatic carbocycles. The van der Waals surface area contributed by atoms with Crippen molar-refractivity contribution in [3.8, 4) is 0 Å². The maximum absolute atomic E-state index is 11.6.